The zero-order chi connectivity index (χ0) is 33.8. The number of allylic oxidation sites excluding steroid dienone is 1. The summed E-state index contributed by atoms with van der Waals surface area (Å²) >= 11 is 0. The van der Waals surface area contributed by atoms with Gasteiger partial charge in [0.15, 0.2) is 0 Å². The lowest BCUT2D eigenvalue weighted by Gasteiger charge is -2.36. The first-order chi connectivity index (χ1) is 22.8. The predicted octanol–water partition coefficient (Wildman–Crippen LogP) is 8.79. The van der Waals surface area contributed by atoms with Crippen molar-refractivity contribution < 1.29 is 19.1 Å². The van der Waals surface area contributed by atoms with Gasteiger partial charge in [0, 0.05) is 30.9 Å². The van der Waals surface area contributed by atoms with Crippen LogP contribution in [0.25, 0.3) is 28.0 Å². The van der Waals surface area contributed by atoms with E-state index in [9.17, 15) is 9.59 Å². The maximum absolute atomic E-state index is 13.2. The monoisotopic (exact) mass is 649 g/mol. The van der Waals surface area contributed by atoms with Crippen LogP contribution in [0.2, 0.25) is 0 Å². The maximum atomic E-state index is 13.2. The summed E-state index contributed by atoms with van der Waals surface area (Å²) in [5.41, 5.74) is 6.59. The zero-order valence-electron chi connectivity index (χ0n) is 29.0. The number of fused-ring (bicyclic) bond motifs is 2. The number of amides is 2. The lowest BCUT2D eigenvalue weighted by molar-refractivity contribution is 0.0141. The normalized spacial score (nSPS) is 23.8. The van der Waals surface area contributed by atoms with E-state index in [4.69, 9.17) is 14.5 Å². The van der Waals surface area contributed by atoms with Gasteiger partial charge in [-0.1, -0.05) is 48.5 Å². The highest BCUT2D eigenvalue weighted by atomic mass is 16.6. The predicted molar refractivity (Wildman–Crippen MR) is 187 cm³/mol. The highest BCUT2D eigenvalue weighted by Gasteiger charge is 2.51. The summed E-state index contributed by atoms with van der Waals surface area (Å²) in [5.74, 6) is 1.25. The lowest BCUT2D eigenvalue weighted by Crippen LogP contribution is -2.50. The van der Waals surface area contributed by atoms with Crippen LogP contribution < -0.4 is 0 Å². The van der Waals surface area contributed by atoms with Gasteiger partial charge in [-0.25, -0.2) is 14.6 Å². The van der Waals surface area contributed by atoms with Gasteiger partial charge in [0.2, 0.25) is 0 Å². The number of carbonyl (C=O) groups excluding carboxylic acids is 2. The van der Waals surface area contributed by atoms with Crippen molar-refractivity contribution in [3.05, 3.63) is 72.3 Å². The molecule has 1 N–H and O–H groups in total. The van der Waals surface area contributed by atoms with E-state index in [2.05, 4.69) is 58.5 Å². The zero-order valence-corrected chi connectivity index (χ0v) is 29.0. The van der Waals surface area contributed by atoms with Crippen molar-refractivity contribution in [1.29, 1.82) is 0 Å². The number of benzene rings is 2. The van der Waals surface area contributed by atoms with E-state index >= 15 is 0 Å². The van der Waals surface area contributed by atoms with Crippen LogP contribution in [0.5, 0.6) is 0 Å². The van der Waals surface area contributed by atoms with Gasteiger partial charge in [-0.3, -0.25) is 14.8 Å². The number of nitrogens with one attached hydrogen (secondary N) is 1. The van der Waals surface area contributed by atoms with Gasteiger partial charge in [-0.05, 0) is 107 Å². The molecule has 4 aliphatic rings. The molecule has 1 saturated carbocycles. The van der Waals surface area contributed by atoms with E-state index in [1.54, 1.807) is 4.90 Å². The van der Waals surface area contributed by atoms with E-state index < -0.39 is 11.2 Å². The van der Waals surface area contributed by atoms with Gasteiger partial charge in [0.25, 0.3) is 0 Å². The van der Waals surface area contributed by atoms with Crippen LogP contribution in [0.3, 0.4) is 0 Å². The third-order valence-electron chi connectivity index (χ3n) is 9.87. The van der Waals surface area contributed by atoms with E-state index in [-0.39, 0.29) is 30.3 Å². The van der Waals surface area contributed by atoms with Crippen molar-refractivity contribution in [3.63, 3.8) is 0 Å². The molecular weight excluding hydrogens is 602 g/mol. The number of imidazole rings is 1. The number of nitrogens with zero attached hydrogens (tertiary/aromatic N) is 4. The fourth-order valence-corrected chi connectivity index (χ4v) is 7.76. The van der Waals surface area contributed by atoms with Gasteiger partial charge in [-0.2, -0.15) is 0 Å². The van der Waals surface area contributed by atoms with E-state index in [0.717, 1.165) is 78.0 Å². The molecule has 3 aromatic rings. The number of piperidine rings is 1. The molecule has 0 spiro atoms. The van der Waals surface area contributed by atoms with Crippen molar-refractivity contribution in [2.45, 2.75) is 109 Å². The average molecular weight is 650 g/mol. The fourth-order valence-electron chi connectivity index (χ4n) is 7.76. The number of likely N-dealkylation sites (tertiary alicyclic amines) is 2. The number of hydrogen-bond acceptors (Lipinski definition) is 6. The first-order valence-corrected chi connectivity index (χ1v) is 17.4. The second-order valence-electron chi connectivity index (χ2n) is 15.7. The Morgan fingerprint density at radius 1 is 0.812 bits per heavy atom. The average Bonchev–Trinajstić information content (AvgIpc) is 3.87. The molecule has 2 saturated heterocycles. The Hall–Kier alpha value is -4.40. The Bertz CT molecular complexity index is 1740. The molecule has 2 amide bonds. The molecule has 0 unspecified atom stereocenters. The first-order valence-electron chi connectivity index (χ1n) is 17.4. The molecule has 2 aromatic carbocycles. The molecule has 4 atom stereocenters. The smallest absolute Gasteiger partial charge is 0.411 e. The summed E-state index contributed by atoms with van der Waals surface area (Å²) in [6, 6.07) is 17.3. The Kier molecular flexibility index (Phi) is 8.20. The second-order valence-corrected chi connectivity index (χ2v) is 15.7. The Morgan fingerprint density at radius 2 is 1.44 bits per heavy atom. The molecule has 1 aromatic heterocycles. The van der Waals surface area contributed by atoms with Gasteiger partial charge in [0.1, 0.15) is 17.0 Å². The molecule has 48 heavy (non-hydrogen) atoms. The number of rotatable bonds is 5. The fraction of sp³-hybridized carbons (Fsp3) is 0.487. The quantitative estimate of drug-likeness (QED) is 0.298. The lowest BCUT2D eigenvalue weighted by atomic mass is 9.90. The highest BCUT2D eigenvalue weighted by Crippen LogP contribution is 2.45. The summed E-state index contributed by atoms with van der Waals surface area (Å²) in [7, 11) is 0. The maximum Gasteiger partial charge on any atom is 0.411 e. The third kappa shape index (κ3) is 6.51. The molecule has 9 heteroatoms. The summed E-state index contributed by atoms with van der Waals surface area (Å²) in [6.45, 7) is 12.1. The Morgan fingerprint density at radius 3 is 2.10 bits per heavy atom. The SMILES string of the molecule is CC(C)(C)OC(=O)N1CCC[C@H]1c1ncc(-c2ccc(-c3ccc(C4=CN=C([C@@H]5[C@H]6CC[C@H](C6)N5C(=O)OC(C)(C)C)C4)cc3)cc2)[nH]1. The van der Waals surface area contributed by atoms with Gasteiger partial charge in [-0.15, -0.1) is 0 Å². The van der Waals surface area contributed by atoms with Crippen molar-refractivity contribution in [3.8, 4) is 22.4 Å². The third-order valence-corrected chi connectivity index (χ3v) is 9.87. The molecule has 252 valence electrons. The number of aliphatic imine (C=N–C) groups is 1. The van der Waals surface area contributed by atoms with Crippen LogP contribution >= 0.6 is 0 Å². The molecule has 3 aliphatic heterocycles. The van der Waals surface area contributed by atoms with Crippen molar-refractivity contribution >= 4 is 23.5 Å². The van der Waals surface area contributed by atoms with Crippen LogP contribution in [-0.4, -0.2) is 67.5 Å². The molecule has 0 radical (unpaired) electrons. The number of H-pyrrole nitrogens is 1. The minimum atomic E-state index is -0.534. The van der Waals surface area contributed by atoms with Crippen molar-refractivity contribution in [2.75, 3.05) is 6.54 Å². The van der Waals surface area contributed by atoms with Gasteiger partial charge >= 0.3 is 12.2 Å². The number of aromatic nitrogens is 2. The van der Waals surface area contributed by atoms with Gasteiger partial charge in [0.05, 0.1) is 24.0 Å². The van der Waals surface area contributed by atoms with Crippen LogP contribution in [0, 0.1) is 5.92 Å². The molecule has 1 aliphatic carbocycles. The van der Waals surface area contributed by atoms with E-state index in [1.165, 1.54) is 5.57 Å². The molecule has 7 rings (SSSR count). The number of carbonyl (C=O) groups is 2. The molecule has 9 nitrogen and oxygen atoms in total. The number of aromatic amines is 1. The number of ether oxygens (including phenoxy) is 2. The Labute approximate surface area is 283 Å². The molecular formula is C39H47N5O4. The van der Waals surface area contributed by atoms with Crippen LogP contribution in [0.4, 0.5) is 9.59 Å². The topological polar surface area (TPSA) is 100 Å². The molecule has 4 heterocycles. The van der Waals surface area contributed by atoms with Crippen molar-refractivity contribution in [1.82, 2.24) is 19.8 Å². The minimum Gasteiger partial charge on any atom is -0.444 e. The summed E-state index contributed by atoms with van der Waals surface area (Å²) < 4.78 is 11.4. The van der Waals surface area contributed by atoms with Crippen LogP contribution in [-0.2, 0) is 9.47 Å². The first kappa shape index (κ1) is 32.2. The minimum absolute atomic E-state index is 0.0261. The largest absolute Gasteiger partial charge is 0.444 e. The molecule has 3 fully saturated rings. The Balaban J connectivity index is 0.988. The summed E-state index contributed by atoms with van der Waals surface area (Å²) in [4.78, 5) is 42.7. The summed E-state index contributed by atoms with van der Waals surface area (Å²) in [6.07, 6.45) is 9.10. The summed E-state index contributed by atoms with van der Waals surface area (Å²) in [5, 5.41) is 0. The van der Waals surface area contributed by atoms with E-state index in [1.807, 2.05) is 58.8 Å². The molecule has 2 bridgehead atoms. The van der Waals surface area contributed by atoms with Gasteiger partial charge < -0.3 is 14.5 Å². The number of hydrogen-bond donors (Lipinski definition) is 1. The van der Waals surface area contributed by atoms with Crippen LogP contribution in [0.15, 0.2) is 65.9 Å². The van der Waals surface area contributed by atoms with Crippen LogP contribution in [0.1, 0.15) is 97.5 Å². The second kappa shape index (κ2) is 12.2. The van der Waals surface area contributed by atoms with Crippen molar-refractivity contribution in [2.24, 2.45) is 10.9 Å². The van der Waals surface area contributed by atoms with E-state index in [0.29, 0.717) is 12.5 Å². The highest BCUT2D eigenvalue weighted by molar-refractivity contribution is 6.03. The standard InChI is InChI=1S/C39H47N5O4/c1-38(2,3)47-36(45)43-19-7-8-33(43)35-41-23-32(42-35)27-15-13-25(14-16-27)24-9-11-26(12-10-24)29-21-31(40-22-29)34-28-17-18-30(20-28)44(34)37(46)48-39(4,5)6/h9-16,22-23,28,30,33-34H,7-8,17-21H2,1-6H3,(H,41,42)/t28-,30+,33-,34-/m0/s1.